The first-order valence-electron chi connectivity index (χ1n) is 13.5. The van der Waals surface area contributed by atoms with Crippen LogP contribution in [-0.2, 0) is 16.0 Å². The van der Waals surface area contributed by atoms with Gasteiger partial charge in [0.2, 0.25) is 11.8 Å². The van der Waals surface area contributed by atoms with Gasteiger partial charge in [0.1, 0.15) is 11.7 Å². The van der Waals surface area contributed by atoms with E-state index in [2.05, 4.69) is 22.7 Å². The van der Waals surface area contributed by atoms with Crippen LogP contribution in [0, 0.1) is 0 Å². The standard InChI is InChI=1S/C29H41N7O3/c1-36(18-15-30,19-16-31)17-7-11-23(32)27(37)34-25(14-13-21-8-3-2-4-9-21)28(38)35-26-20-22-10-5-6-12-24(22)33-29(26)39/h2-6,8-10,12,20,23,25H,7,11,13-19,30-32H2,1H3,(H2-,33,34,35,37,38,39)/p+1/t23-,25+/m0/s1. The third-order valence-electron chi connectivity index (χ3n) is 7.10. The van der Waals surface area contributed by atoms with Gasteiger partial charge in [0.05, 0.1) is 32.7 Å². The molecular weight excluding hydrogens is 494 g/mol. The summed E-state index contributed by atoms with van der Waals surface area (Å²) in [6.07, 6.45) is 2.10. The van der Waals surface area contributed by atoms with Crippen molar-refractivity contribution in [2.45, 2.75) is 37.8 Å². The number of pyridine rings is 1. The minimum absolute atomic E-state index is 0.124. The Morgan fingerprint density at radius 3 is 2.28 bits per heavy atom. The molecular formula is C29H42N7O3+. The number of benzene rings is 2. The van der Waals surface area contributed by atoms with Gasteiger partial charge < -0.3 is 37.3 Å². The average Bonchev–Trinajstić information content (AvgIpc) is 2.92. The van der Waals surface area contributed by atoms with Gasteiger partial charge in [-0.05, 0) is 43.4 Å². The van der Waals surface area contributed by atoms with E-state index in [0.717, 1.165) is 41.5 Å². The van der Waals surface area contributed by atoms with Crippen molar-refractivity contribution in [2.75, 3.05) is 45.1 Å². The Morgan fingerprint density at radius 2 is 1.59 bits per heavy atom. The molecule has 0 aliphatic rings. The molecule has 0 aliphatic heterocycles. The van der Waals surface area contributed by atoms with Crippen LogP contribution in [0.3, 0.4) is 0 Å². The number of aromatic amines is 1. The van der Waals surface area contributed by atoms with E-state index in [-0.39, 0.29) is 5.69 Å². The topological polar surface area (TPSA) is 169 Å². The van der Waals surface area contributed by atoms with Crippen LogP contribution in [0.5, 0.6) is 0 Å². The summed E-state index contributed by atoms with van der Waals surface area (Å²) < 4.78 is 0.726. The highest BCUT2D eigenvalue weighted by Crippen LogP contribution is 2.14. The fourth-order valence-electron chi connectivity index (χ4n) is 4.75. The zero-order valence-corrected chi connectivity index (χ0v) is 22.7. The van der Waals surface area contributed by atoms with E-state index in [9.17, 15) is 14.4 Å². The van der Waals surface area contributed by atoms with E-state index < -0.39 is 29.5 Å². The van der Waals surface area contributed by atoms with Gasteiger partial charge in [-0.15, -0.1) is 0 Å². The minimum atomic E-state index is -0.870. The molecule has 2 atom stereocenters. The quantitative estimate of drug-likeness (QED) is 0.159. The highest BCUT2D eigenvalue weighted by Gasteiger charge is 2.26. The third-order valence-corrected chi connectivity index (χ3v) is 7.10. The van der Waals surface area contributed by atoms with Crippen molar-refractivity contribution >= 4 is 28.4 Å². The lowest BCUT2D eigenvalue weighted by atomic mass is 10.0. The largest absolute Gasteiger partial charge is 0.343 e. The van der Waals surface area contributed by atoms with Crippen LogP contribution in [0.1, 0.15) is 24.8 Å². The van der Waals surface area contributed by atoms with Crippen LogP contribution >= 0.6 is 0 Å². The van der Waals surface area contributed by atoms with Crippen molar-refractivity contribution in [1.29, 1.82) is 0 Å². The predicted octanol–water partition coefficient (Wildman–Crippen LogP) is 1.06. The highest BCUT2D eigenvalue weighted by atomic mass is 16.2. The van der Waals surface area contributed by atoms with Crippen LogP contribution in [0.2, 0.25) is 0 Å². The van der Waals surface area contributed by atoms with Gasteiger partial charge in [-0.2, -0.15) is 0 Å². The first-order chi connectivity index (χ1) is 18.7. The lowest BCUT2D eigenvalue weighted by Gasteiger charge is -2.34. The Bertz CT molecular complexity index is 1270. The summed E-state index contributed by atoms with van der Waals surface area (Å²) in [5, 5.41) is 6.32. The number of likely N-dealkylation sites (N-methyl/N-ethyl adjacent to an activating group) is 1. The number of nitrogens with zero attached hydrogens (tertiary/aromatic N) is 1. The molecule has 2 aromatic carbocycles. The van der Waals surface area contributed by atoms with Crippen LogP contribution in [0.15, 0.2) is 65.5 Å². The summed E-state index contributed by atoms with van der Waals surface area (Å²) in [7, 11) is 2.10. The van der Waals surface area contributed by atoms with E-state index in [1.165, 1.54) is 0 Å². The maximum absolute atomic E-state index is 13.3. The summed E-state index contributed by atoms with van der Waals surface area (Å²) in [5.41, 5.74) is 19.2. The second-order valence-electron chi connectivity index (χ2n) is 10.3. The van der Waals surface area contributed by atoms with Gasteiger partial charge in [0, 0.05) is 24.0 Å². The second-order valence-corrected chi connectivity index (χ2v) is 10.3. The summed E-state index contributed by atoms with van der Waals surface area (Å²) in [6.45, 7) is 3.52. The van der Waals surface area contributed by atoms with E-state index in [1.54, 1.807) is 12.1 Å². The van der Waals surface area contributed by atoms with E-state index >= 15 is 0 Å². The summed E-state index contributed by atoms with van der Waals surface area (Å²) in [4.78, 5) is 41.7. The number of amides is 2. The Kier molecular flexibility index (Phi) is 11.2. The lowest BCUT2D eigenvalue weighted by Crippen LogP contribution is -2.52. The van der Waals surface area contributed by atoms with Crippen molar-refractivity contribution in [3.05, 3.63) is 76.6 Å². The van der Waals surface area contributed by atoms with Crippen LogP contribution in [0.4, 0.5) is 5.69 Å². The minimum Gasteiger partial charge on any atom is -0.343 e. The Balaban J connectivity index is 1.68. The van der Waals surface area contributed by atoms with E-state index in [1.807, 2.05) is 48.5 Å². The van der Waals surface area contributed by atoms with Crippen molar-refractivity contribution in [3.8, 4) is 0 Å². The molecule has 0 aliphatic carbocycles. The van der Waals surface area contributed by atoms with E-state index in [0.29, 0.717) is 37.9 Å². The molecule has 1 heterocycles. The highest BCUT2D eigenvalue weighted by molar-refractivity contribution is 5.98. The Hall–Kier alpha value is -3.57. The summed E-state index contributed by atoms with van der Waals surface area (Å²) in [6, 6.07) is 17.0. The molecule has 0 saturated heterocycles. The number of quaternary nitrogens is 1. The molecule has 0 unspecified atom stereocenters. The fraction of sp³-hybridized carbons (Fsp3) is 0.414. The van der Waals surface area contributed by atoms with Gasteiger partial charge in [0.15, 0.2) is 0 Å². The molecule has 10 nitrogen and oxygen atoms in total. The number of hydrogen-bond donors (Lipinski definition) is 6. The number of rotatable bonds is 15. The molecule has 0 bridgehead atoms. The second kappa shape index (κ2) is 14.5. The van der Waals surface area contributed by atoms with Crippen molar-refractivity contribution in [2.24, 2.45) is 17.2 Å². The first-order valence-corrected chi connectivity index (χ1v) is 13.5. The van der Waals surface area contributed by atoms with Gasteiger partial charge in [-0.1, -0.05) is 48.5 Å². The van der Waals surface area contributed by atoms with Gasteiger partial charge in [-0.3, -0.25) is 14.4 Å². The fourth-order valence-corrected chi connectivity index (χ4v) is 4.75. The molecule has 39 heavy (non-hydrogen) atoms. The maximum Gasteiger partial charge on any atom is 0.272 e. The molecule has 9 N–H and O–H groups in total. The number of hydrogen-bond acceptors (Lipinski definition) is 6. The molecule has 210 valence electrons. The molecule has 2 amide bonds. The molecule has 3 aromatic rings. The molecule has 0 radical (unpaired) electrons. The smallest absolute Gasteiger partial charge is 0.272 e. The lowest BCUT2D eigenvalue weighted by molar-refractivity contribution is -0.907. The van der Waals surface area contributed by atoms with E-state index in [4.69, 9.17) is 17.2 Å². The van der Waals surface area contributed by atoms with Crippen molar-refractivity contribution in [1.82, 2.24) is 10.3 Å². The number of aromatic nitrogens is 1. The van der Waals surface area contributed by atoms with Crippen LogP contribution < -0.4 is 33.4 Å². The molecule has 0 fully saturated rings. The van der Waals surface area contributed by atoms with Crippen molar-refractivity contribution in [3.63, 3.8) is 0 Å². The Morgan fingerprint density at radius 1 is 0.923 bits per heavy atom. The number of H-pyrrole nitrogens is 1. The summed E-state index contributed by atoms with van der Waals surface area (Å²) in [5.74, 6) is -0.870. The van der Waals surface area contributed by atoms with Crippen LogP contribution in [-0.4, -0.2) is 73.1 Å². The number of para-hydroxylation sites is 1. The number of nitrogens with one attached hydrogen (secondary N) is 3. The molecule has 0 saturated carbocycles. The third kappa shape index (κ3) is 9.00. The average molecular weight is 537 g/mol. The zero-order chi connectivity index (χ0) is 28.3. The Labute approximate surface area is 229 Å². The normalized spacial score (nSPS) is 13.1. The maximum atomic E-state index is 13.3. The number of anilines is 1. The zero-order valence-electron chi connectivity index (χ0n) is 22.7. The monoisotopic (exact) mass is 536 g/mol. The molecule has 1 aromatic heterocycles. The number of fused-ring (bicyclic) bond motifs is 1. The predicted molar refractivity (Wildman–Crippen MR) is 156 cm³/mol. The van der Waals surface area contributed by atoms with Gasteiger partial charge >= 0.3 is 0 Å². The number of carbonyl (C=O) groups is 2. The molecule has 10 heteroatoms. The number of nitrogens with two attached hydrogens (primary N) is 3. The number of carbonyl (C=O) groups excluding carboxylic acids is 2. The van der Waals surface area contributed by atoms with Crippen molar-refractivity contribution < 1.29 is 14.1 Å². The number of aryl methyl sites for hydroxylation is 1. The SMILES string of the molecule is C[N+](CCN)(CCN)CCC[C@H](N)C(=O)N[C@H](CCc1ccccc1)C(=O)Nc1cc2ccccc2[nH]c1=O. The first kappa shape index (κ1) is 30.0. The van der Waals surface area contributed by atoms with Crippen LogP contribution in [0.25, 0.3) is 10.9 Å². The molecule has 0 spiro atoms. The molecule has 3 rings (SSSR count). The van der Waals surface area contributed by atoms with Gasteiger partial charge in [-0.25, -0.2) is 0 Å². The van der Waals surface area contributed by atoms with Gasteiger partial charge in [0.25, 0.3) is 5.56 Å². The summed E-state index contributed by atoms with van der Waals surface area (Å²) >= 11 is 0.